The van der Waals surface area contributed by atoms with Crippen molar-refractivity contribution >= 4 is 43.3 Å². The summed E-state index contributed by atoms with van der Waals surface area (Å²) in [6.45, 7) is 2.82. The van der Waals surface area contributed by atoms with E-state index in [4.69, 9.17) is 0 Å². The third kappa shape index (κ3) is 3.33. The molecule has 0 aliphatic heterocycles. The number of halogens is 1. The lowest BCUT2D eigenvalue weighted by molar-refractivity contribution is 0.0958. The lowest BCUT2D eigenvalue weighted by atomic mass is 10.2. The van der Waals surface area contributed by atoms with Crippen LogP contribution >= 0.6 is 27.3 Å². The van der Waals surface area contributed by atoms with Crippen LogP contribution in [-0.4, -0.2) is 17.3 Å². The number of carbonyl (C=O) groups is 1. The molecule has 0 saturated carbocycles. The van der Waals surface area contributed by atoms with Gasteiger partial charge in [0.05, 0.1) is 4.88 Å². The molecule has 1 N–H and O–H groups in total. The van der Waals surface area contributed by atoms with Gasteiger partial charge in [-0.2, -0.15) is 0 Å². The summed E-state index contributed by atoms with van der Waals surface area (Å²) in [7, 11) is 0. The molecular formula is C14H16BrNOS. The molecule has 0 radical (unpaired) electrons. The first kappa shape index (κ1) is 13.6. The Bertz CT molecular complexity index is 504. The van der Waals surface area contributed by atoms with Gasteiger partial charge in [-0.05, 0) is 23.9 Å². The number of alkyl halides is 1. The third-order valence-electron chi connectivity index (χ3n) is 2.74. The largest absolute Gasteiger partial charge is 0.350 e. The average molecular weight is 326 g/mol. The van der Waals surface area contributed by atoms with Crippen molar-refractivity contribution in [2.45, 2.75) is 24.6 Å². The molecule has 0 fully saturated rings. The van der Waals surface area contributed by atoms with Crippen molar-refractivity contribution in [2.24, 2.45) is 0 Å². The summed E-state index contributed by atoms with van der Waals surface area (Å²) in [6.07, 6.45) is 2.20. The van der Waals surface area contributed by atoms with Crippen LogP contribution in [0.4, 0.5) is 0 Å². The second kappa shape index (κ2) is 6.34. The fourth-order valence-electron chi connectivity index (χ4n) is 1.80. The molecule has 1 aromatic carbocycles. The number of amides is 1. The van der Waals surface area contributed by atoms with Gasteiger partial charge in [-0.3, -0.25) is 4.79 Å². The van der Waals surface area contributed by atoms with E-state index in [1.165, 1.54) is 0 Å². The molecule has 0 aliphatic carbocycles. The van der Waals surface area contributed by atoms with Gasteiger partial charge in [0.1, 0.15) is 0 Å². The Labute approximate surface area is 120 Å². The van der Waals surface area contributed by atoms with E-state index < -0.39 is 0 Å². The average Bonchev–Trinajstić information content (AvgIpc) is 2.80. The maximum atomic E-state index is 12.0. The van der Waals surface area contributed by atoms with Crippen LogP contribution in [-0.2, 0) is 0 Å². The summed E-state index contributed by atoms with van der Waals surface area (Å²) >= 11 is 5.11. The minimum Gasteiger partial charge on any atom is -0.350 e. The lowest BCUT2D eigenvalue weighted by Gasteiger charge is -2.08. The quantitative estimate of drug-likeness (QED) is 0.820. The first-order valence-electron chi connectivity index (χ1n) is 6.11. The maximum Gasteiger partial charge on any atom is 0.261 e. The smallest absolute Gasteiger partial charge is 0.261 e. The van der Waals surface area contributed by atoms with Crippen LogP contribution < -0.4 is 5.32 Å². The van der Waals surface area contributed by atoms with Crippen LogP contribution in [0.15, 0.2) is 30.3 Å². The Morgan fingerprint density at radius 1 is 1.44 bits per heavy atom. The van der Waals surface area contributed by atoms with Crippen molar-refractivity contribution in [3.8, 4) is 0 Å². The zero-order valence-corrected chi connectivity index (χ0v) is 12.7. The second-order valence-corrected chi connectivity index (χ2v) is 6.62. The third-order valence-corrected chi connectivity index (χ3v) is 4.63. The summed E-state index contributed by atoms with van der Waals surface area (Å²) < 4.78 is 1.16. The fourth-order valence-corrected chi connectivity index (χ4v) is 3.40. The zero-order valence-electron chi connectivity index (χ0n) is 10.3. The Balaban J connectivity index is 2.00. The van der Waals surface area contributed by atoms with E-state index in [2.05, 4.69) is 28.2 Å². The molecule has 2 aromatic rings. The van der Waals surface area contributed by atoms with E-state index in [1.54, 1.807) is 11.3 Å². The van der Waals surface area contributed by atoms with Gasteiger partial charge in [-0.15, -0.1) is 11.3 Å². The van der Waals surface area contributed by atoms with Crippen molar-refractivity contribution in [1.29, 1.82) is 0 Å². The van der Waals surface area contributed by atoms with Gasteiger partial charge < -0.3 is 5.32 Å². The maximum absolute atomic E-state index is 12.0. The number of rotatable bonds is 5. The topological polar surface area (TPSA) is 29.1 Å². The molecule has 2 nitrogen and oxygen atoms in total. The predicted molar refractivity (Wildman–Crippen MR) is 81.8 cm³/mol. The normalized spacial score (nSPS) is 12.6. The number of hydrogen-bond acceptors (Lipinski definition) is 2. The number of thiophene rings is 1. The Hall–Kier alpha value is -0.870. The molecule has 1 unspecified atom stereocenters. The summed E-state index contributed by atoms with van der Waals surface area (Å²) in [6, 6.07) is 10.0. The molecule has 1 heterocycles. The van der Waals surface area contributed by atoms with Crippen molar-refractivity contribution in [3.63, 3.8) is 0 Å². The van der Waals surface area contributed by atoms with E-state index in [9.17, 15) is 4.79 Å². The van der Waals surface area contributed by atoms with Crippen molar-refractivity contribution in [1.82, 2.24) is 5.32 Å². The number of nitrogens with one attached hydrogen (secondary N) is 1. The number of carbonyl (C=O) groups excluding carboxylic acids is 1. The second-order valence-electron chi connectivity index (χ2n) is 4.24. The highest BCUT2D eigenvalue weighted by Crippen LogP contribution is 2.25. The van der Waals surface area contributed by atoms with Crippen molar-refractivity contribution in [3.05, 3.63) is 35.2 Å². The minimum absolute atomic E-state index is 0.0248. The number of fused-ring (bicyclic) bond motifs is 1. The van der Waals surface area contributed by atoms with E-state index in [1.807, 2.05) is 30.3 Å². The fraction of sp³-hybridized carbons (Fsp3) is 0.357. The molecule has 4 heteroatoms. The number of benzene rings is 1. The Morgan fingerprint density at radius 3 is 2.94 bits per heavy atom. The highest BCUT2D eigenvalue weighted by molar-refractivity contribution is 9.09. The van der Waals surface area contributed by atoms with Gasteiger partial charge in [0.2, 0.25) is 0 Å². The Kier molecular flexibility index (Phi) is 4.78. The standard InChI is InChI=1S/C14H16BrNOS/c1-2-5-11(15)9-16-14(17)13-8-10-6-3-4-7-12(10)18-13/h3-4,6-8,11H,2,5,9H2,1H3,(H,16,17). The van der Waals surface area contributed by atoms with Gasteiger partial charge in [0.15, 0.2) is 0 Å². The molecule has 0 saturated heterocycles. The van der Waals surface area contributed by atoms with Crippen LogP contribution in [0.25, 0.3) is 10.1 Å². The SMILES string of the molecule is CCCC(Br)CNC(=O)c1cc2ccccc2s1. The molecule has 18 heavy (non-hydrogen) atoms. The van der Waals surface area contributed by atoms with Crippen LogP contribution in [0.3, 0.4) is 0 Å². The lowest BCUT2D eigenvalue weighted by Crippen LogP contribution is -2.28. The summed E-state index contributed by atoms with van der Waals surface area (Å²) in [5.74, 6) is 0.0248. The summed E-state index contributed by atoms with van der Waals surface area (Å²) in [5, 5.41) is 4.10. The number of hydrogen-bond donors (Lipinski definition) is 1. The van der Waals surface area contributed by atoms with E-state index in [-0.39, 0.29) is 5.91 Å². The van der Waals surface area contributed by atoms with Crippen LogP contribution in [0, 0.1) is 0 Å². The highest BCUT2D eigenvalue weighted by atomic mass is 79.9. The van der Waals surface area contributed by atoms with Crippen molar-refractivity contribution in [2.75, 3.05) is 6.54 Å². The molecule has 96 valence electrons. The van der Waals surface area contributed by atoms with Gasteiger partial charge >= 0.3 is 0 Å². The molecule has 0 bridgehead atoms. The monoisotopic (exact) mass is 325 g/mol. The molecule has 1 amide bonds. The zero-order chi connectivity index (χ0) is 13.0. The molecule has 0 aliphatic rings. The van der Waals surface area contributed by atoms with Crippen LogP contribution in [0.1, 0.15) is 29.4 Å². The summed E-state index contributed by atoms with van der Waals surface area (Å²) in [4.78, 5) is 13.1. The summed E-state index contributed by atoms with van der Waals surface area (Å²) in [5.41, 5.74) is 0. The van der Waals surface area contributed by atoms with Crippen molar-refractivity contribution < 1.29 is 4.79 Å². The van der Waals surface area contributed by atoms with E-state index in [0.717, 1.165) is 27.8 Å². The molecule has 0 spiro atoms. The van der Waals surface area contributed by atoms with E-state index >= 15 is 0 Å². The first-order valence-corrected chi connectivity index (χ1v) is 7.84. The van der Waals surface area contributed by atoms with Gasteiger partial charge in [-0.25, -0.2) is 0 Å². The Morgan fingerprint density at radius 2 is 2.22 bits per heavy atom. The van der Waals surface area contributed by atoms with Gasteiger partial charge in [0, 0.05) is 16.1 Å². The first-order chi connectivity index (χ1) is 8.70. The van der Waals surface area contributed by atoms with Crippen LogP contribution in [0.2, 0.25) is 0 Å². The van der Waals surface area contributed by atoms with Gasteiger partial charge in [0.25, 0.3) is 5.91 Å². The highest BCUT2D eigenvalue weighted by Gasteiger charge is 2.11. The molecular weight excluding hydrogens is 310 g/mol. The van der Waals surface area contributed by atoms with E-state index in [0.29, 0.717) is 11.4 Å². The minimum atomic E-state index is 0.0248. The predicted octanol–water partition coefficient (Wildman–Crippen LogP) is 4.19. The molecule has 1 aromatic heterocycles. The molecule has 1 atom stereocenters. The molecule has 2 rings (SSSR count). The van der Waals surface area contributed by atoms with Gasteiger partial charge in [-0.1, -0.05) is 47.5 Å². The van der Waals surface area contributed by atoms with Crippen LogP contribution in [0.5, 0.6) is 0 Å².